The highest BCUT2D eigenvalue weighted by Gasteiger charge is 2.26. The van der Waals surface area contributed by atoms with Crippen molar-refractivity contribution in [3.8, 4) is 11.1 Å². The minimum Gasteiger partial charge on any atom is -0.393 e. The molecule has 0 amide bonds. The summed E-state index contributed by atoms with van der Waals surface area (Å²) in [5, 5.41) is 14.8. The first-order valence-corrected chi connectivity index (χ1v) is 14.3. The van der Waals surface area contributed by atoms with Crippen LogP contribution in [0, 0.1) is 5.92 Å². The molecule has 192 valence electrons. The largest absolute Gasteiger partial charge is 0.393 e. The van der Waals surface area contributed by atoms with Gasteiger partial charge in [0.05, 0.1) is 6.10 Å². The third-order valence-corrected chi connectivity index (χ3v) is 8.51. The van der Waals surface area contributed by atoms with E-state index in [1.807, 2.05) is 6.20 Å². The van der Waals surface area contributed by atoms with E-state index in [2.05, 4.69) is 52.2 Å². The summed E-state index contributed by atoms with van der Waals surface area (Å²) in [6, 6.07) is 9.88. The summed E-state index contributed by atoms with van der Waals surface area (Å²) in [6.45, 7) is 5.73. The first kappa shape index (κ1) is 23.9. The Balaban J connectivity index is 1.28. The molecule has 6 nitrogen and oxygen atoms in total. The van der Waals surface area contributed by atoms with Gasteiger partial charge in [-0.3, -0.25) is 4.90 Å². The van der Waals surface area contributed by atoms with E-state index in [1.54, 1.807) is 0 Å². The number of aliphatic hydroxyl groups is 1. The summed E-state index contributed by atoms with van der Waals surface area (Å²) >= 11 is 0. The van der Waals surface area contributed by atoms with Crippen LogP contribution in [0.15, 0.2) is 36.7 Å². The van der Waals surface area contributed by atoms with Crippen LogP contribution in [0.5, 0.6) is 0 Å². The van der Waals surface area contributed by atoms with Gasteiger partial charge in [-0.05, 0) is 82.0 Å². The second-order valence-corrected chi connectivity index (χ2v) is 11.6. The third-order valence-electron chi connectivity index (χ3n) is 8.51. The van der Waals surface area contributed by atoms with Gasteiger partial charge in [-0.1, -0.05) is 43.5 Å². The Hall–Kier alpha value is -2.44. The van der Waals surface area contributed by atoms with Crippen LogP contribution in [0.3, 0.4) is 0 Å². The molecule has 1 aliphatic heterocycles. The molecule has 3 aromatic rings. The average Bonchev–Trinajstić information content (AvgIpc) is 3.63. The number of aromatic nitrogens is 3. The molecule has 3 aliphatic rings. The number of rotatable bonds is 8. The van der Waals surface area contributed by atoms with E-state index in [1.165, 1.54) is 68.3 Å². The molecule has 2 aromatic heterocycles. The Morgan fingerprint density at radius 2 is 1.75 bits per heavy atom. The highest BCUT2D eigenvalue weighted by Crippen LogP contribution is 2.37. The van der Waals surface area contributed by atoms with Crippen molar-refractivity contribution in [3.05, 3.63) is 42.2 Å². The molecule has 0 unspecified atom stereocenters. The lowest BCUT2D eigenvalue weighted by Crippen LogP contribution is -2.28. The molecule has 0 bridgehead atoms. The van der Waals surface area contributed by atoms with E-state index in [0.717, 1.165) is 55.1 Å². The topological polar surface area (TPSA) is 66.2 Å². The Morgan fingerprint density at radius 3 is 2.47 bits per heavy atom. The molecule has 2 saturated carbocycles. The number of hydrogen-bond donors (Lipinski definition) is 2. The predicted molar refractivity (Wildman–Crippen MR) is 146 cm³/mol. The number of aliphatic hydroxyl groups excluding tert-OH is 1. The summed E-state index contributed by atoms with van der Waals surface area (Å²) in [7, 11) is 0. The van der Waals surface area contributed by atoms with E-state index in [-0.39, 0.29) is 6.10 Å². The SMILES string of the molecule is C[C@@H](CC1CC1)Nc1ncc2c(-c3ccc(CN4CCCCC4)cc3)cn(C3CCC(O)CC3)c2n1. The minimum absolute atomic E-state index is 0.162. The van der Waals surface area contributed by atoms with Crippen molar-refractivity contribution in [3.63, 3.8) is 0 Å². The van der Waals surface area contributed by atoms with Gasteiger partial charge in [0.25, 0.3) is 0 Å². The maximum absolute atomic E-state index is 10.1. The van der Waals surface area contributed by atoms with Crippen LogP contribution in [0.2, 0.25) is 0 Å². The Bertz CT molecular complexity index is 1150. The molecule has 3 heterocycles. The molecule has 6 heteroatoms. The van der Waals surface area contributed by atoms with Crippen LogP contribution in [0.1, 0.15) is 82.7 Å². The zero-order valence-corrected chi connectivity index (χ0v) is 21.7. The molecule has 2 N–H and O–H groups in total. The van der Waals surface area contributed by atoms with E-state index in [0.29, 0.717) is 12.1 Å². The second kappa shape index (κ2) is 10.5. The second-order valence-electron chi connectivity index (χ2n) is 11.6. The fraction of sp³-hybridized carbons (Fsp3) is 0.600. The monoisotopic (exact) mass is 487 g/mol. The Kier molecular flexibility index (Phi) is 6.98. The van der Waals surface area contributed by atoms with Gasteiger partial charge in [0.1, 0.15) is 5.65 Å². The van der Waals surface area contributed by atoms with Gasteiger partial charge in [0, 0.05) is 42.0 Å². The maximum atomic E-state index is 10.1. The van der Waals surface area contributed by atoms with E-state index in [9.17, 15) is 5.11 Å². The van der Waals surface area contributed by atoms with Gasteiger partial charge < -0.3 is 15.0 Å². The number of likely N-dealkylation sites (tertiary alicyclic amines) is 1. The zero-order chi connectivity index (χ0) is 24.5. The van der Waals surface area contributed by atoms with Crippen LogP contribution < -0.4 is 5.32 Å². The molecule has 2 aliphatic carbocycles. The average molecular weight is 488 g/mol. The minimum atomic E-state index is -0.162. The first-order chi connectivity index (χ1) is 17.6. The molecule has 1 atom stereocenters. The van der Waals surface area contributed by atoms with Crippen molar-refractivity contribution >= 4 is 17.0 Å². The first-order valence-electron chi connectivity index (χ1n) is 14.3. The van der Waals surface area contributed by atoms with Crippen LogP contribution in [-0.2, 0) is 6.54 Å². The number of piperidine rings is 1. The standard InChI is InChI=1S/C30H41N5O/c1-21(17-22-5-6-22)32-30-31-18-27-28(20-35(29(27)33-30)25-11-13-26(36)14-12-25)24-9-7-23(8-10-24)19-34-15-3-2-4-16-34/h7-10,18,20-22,25-26,36H,2-6,11-17,19H2,1H3,(H,31,32,33)/t21-,25?,26?/m0/s1. The van der Waals surface area contributed by atoms with E-state index >= 15 is 0 Å². The van der Waals surface area contributed by atoms with Gasteiger partial charge in [-0.2, -0.15) is 4.98 Å². The fourth-order valence-corrected chi connectivity index (χ4v) is 6.24. The molecule has 0 radical (unpaired) electrons. The molecule has 6 rings (SSSR count). The van der Waals surface area contributed by atoms with Gasteiger partial charge >= 0.3 is 0 Å². The van der Waals surface area contributed by atoms with E-state index in [4.69, 9.17) is 9.97 Å². The highest BCUT2D eigenvalue weighted by atomic mass is 16.3. The van der Waals surface area contributed by atoms with Gasteiger partial charge in [-0.15, -0.1) is 0 Å². The third kappa shape index (κ3) is 5.45. The van der Waals surface area contributed by atoms with Crippen LogP contribution in [-0.4, -0.2) is 49.8 Å². The van der Waals surface area contributed by atoms with Crippen molar-refractivity contribution in [2.75, 3.05) is 18.4 Å². The van der Waals surface area contributed by atoms with Crippen molar-refractivity contribution in [1.29, 1.82) is 0 Å². The Labute approximate surface area is 215 Å². The number of nitrogens with one attached hydrogen (secondary N) is 1. The van der Waals surface area contributed by atoms with E-state index < -0.39 is 0 Å². The molecule has 1 saturated heterocycles. The molecular formula is C30H41N5O. The van der Waals surface area contributed by atoms with Gasteiger partial charge in [-0.25, -0.2) is 4.98 Å². The van der Waals surface area contributed by atoms with Gasteiger partial charge in [0.15, 0.2) is 0 Å². The molecule has 3 fully saturated rings. The zero-order valence-electron chi connectivity index (χ0n) is 21.7. The van der Waals surface area contributed by atoms with Crippen LogP contribution in [0.4, 0.5) is 5.95 Å². The molecule has 0 spiro atoms. The quantitative estimate of drug-likeness (QED) is 0.398. The summed E-state index contributed by atoms with van der Waals surface area (Å²) in [5.74, 6) is 1.60. The number of nitrogens with zero attached hydrogens (tertiary/aromatic N) is 4. The summed E-state index contributed by atoms with van der Waals surface area (Å²) < 4.78 is 2.37. The summed E-state index contributed by atoms with van der Waals surface area (Å²) in [5.41, 5.74) is 4.83. The van der Waals surface area contributed by atoms with Gasteiger partial charge in [0.2, 0.25) is 5.95 Å². The number of benzene rings is 1. The van der Waals surface area contributed by atoms with Crippen molar-refractivity contribution in [2.24, 2.45) is 5.92 Å². The lowest BCUT2D eigenvalue weighted by atomic mass is 9.93. The smallest absolute Gasteiger partial charge is 0.224 e. The summed E-state index contributed by atoms with van der Waals surface area (Å²) in [4.78, 5) is 12.4. The molecular weight excluding hydrogens is 446 g/mol. The molecule has 36 heavy (non-hydrogen) atoms. The van der Waals surface area contributed by atoms with Crippen LogP contribution in [0.25, 0.3) is 22.2 Å². The summed E-state index contributed by atoms with van der Waals surface area (Å²) in [6.07, 6.45) is 15.8. The number of anilines is 1. The maximum Gasteiger partial charge on any atom is 0.224 e. The number of fused-ring (bicyclic) bond motifs is 1. The van der Waals surface area contributed by atoms with Crippen molar-refractivity contribution in [2.45, 2.75) is 95.9 Å². The lowest BCUT2D eigenvalue weighted by Gasteiger charge is -2.27. The number of hydrogen-bond acceptors (Lipinski definition) is 5. The Morgan fingerprint density at radius 1 is 1.00 bits per heavy atom. The van der Waals surface area contributed by atoms with Crippen LogP contribution >= 0.6 is 0 Å². The predicted octanol–water partition coefficient (Wildman–Crippen LogP) is 6.16. The fourth-order valence-electron chi connectivity index (χ4n) is 6.24. The lowest BCUT2D eigenvalue weighted by molar-refractivity contribution is 0.111. The normalized spacial score (nSPS) is 24.2. The molecule has 1 aromatic carbocycles. The van der Waals surface area contributed by atoms with Crippen molar-refractivity contribution in [1.82, 2.24) is 19.4 Å². The highest BCUT2D eigenvalue weighted by molar-refractivity contribution is 5.94. The van der Waals surface area contributed by atoms with Crippen molar-refractivity contribution < 1.29 is 5.11 Å².